The van der Waals surface area contributed by atoms with Gasteiger partial charge in [-0.3, -0.25) is 5.50 Å². The molecule has 0 aromatic heterocycles. The Labute approximate surface area is 90.3 Å². The summed E-state index contributed by atoms with van der Waals surface area (Å²) < 4.78 is 24.3. The lowest BCUT2D eigenvalue weighted by Gasteiger charge is -2.11. The van der Waals surface area contributed by atoms with Crippen LogP contribution in [-0.4, -0.2) is 19.1 Å². The first kappa shape index (κ1) is 14.5. The maximum atomic E-state index is 11.2. The molecule has 14 heavy (non-hydrogen) atoms. The van der Waals surface area contributed by atoms with E-state index in [1.165, 1.54) is 0 Å². The molecule has 0 radical (unpaired) electrons. The fraction of sp³-hybridized carbons (Fsp3) is 1.00. The minimum atomic E-state index is -3.50. The average molecular weight is 260 g/mol. The highest BCUT2D eigenvalue weighted by Crippen LogP contribution is 2.25. The predicted octanol–water partition coefficient (Wildman–Crippen LogP) is 0.662. The predicted molar refractivity (Wildman–Crippen MR) is 61.8 cm³/mol. The summed E-state index contributed by atoms with van der Waals surface area (Å²) in [4.78, 5) is 8.97. The highest BCUT2D eigenvalue weighted by atomic mass is 32.5. The van der Waals surface area contributed by atoms with Gasteiger partial charge in [-0.1, -0.05) is 26.2 Å². The van der Waals surface area contributed by atoms with Crippen molar-refractivity contribution in [1.29, 1.82) is 0 Å². The summed E-state index contributed by atoms with van der Waals surface area (Å²) in [6.07, 6.45) is 3.47. The first-order valence-corrected chi connectivity index (χ1v) is 8.87. The van der Waals surface area contributed by atoms with E-state index in [-0.39, 0.29) is 5.75 Å². The van der Waals surface area contributed by atoms with Crippen molar-refractivity contribution in [3.05, 3.63) is 0 Å². The lowest BCUT2D eigenvalue weighted by Crippen LogP contribution is -2.26. The Morgan fingerprint density at radius 2 is 2.00 bits per heavy atom. The lowest BCUT2D eigenvalue weighted by molar-refractivity contribution is 0.578. The first-order valence-electron chi connectivity index (χ1n) is 4.40. The van der Waals surface area contributed by atoms with E-state index < -0.39 is 16.6 Å². The summed E-state index contributed by atoms with van der Waals surface area (Å²) in [7, 11) is -3.50. The van der Waals surface area contributed by atoms with Gasteiger partial charge in [-0.2, -0.15) is 4.49 Å². The zero-order valence-corrected chi connectivity index (χ0v) is 10.7. The Bertz CT molecular complexity index is 298. The van der Waals surface area contributed by atoms with E-state index in [2.05, 4.69) is 11.8 Å². The largest absolute Gasteiger partial charge is 0.342 e. The Balaban J connectivity index is 3.92. The normalized spacial score (nSPS) is 16.5. The molecule has 0 aliphatic rings. The molecule has 0 amide bonds. The molecule has 0 spiro atoms. The van der Waals surface area contributed by atoms with E-state index in [9.17, 15) is 8.42 Å². The van der Waals surface area contributed by atoms with Gasteiger partial charge in [0.2, 0.25) is 16.6 Å². The Kier molecular flexibility index (Phi) is 6.36. The minimum absolute atomic E-state index is 0.0247. The van der Waals surface area contributed by atoms with Crippen molar-refractivity contribution in [3.8, 4) is 0 Å². The molecule has 0 aliphatic carbocycles. The van der Waals surface area contributed by atoms with Crippen LogP contribution in [0.25, 0.3) is 0 Å². The average Bonchev–Trinajstić information content (AvgIpc) is 1.93. The van der Waals surface area contributed by atoms with Gasteiger partial charge in [0.15, 0.2) is 0 Å². The highest BCUT2D eigenvalue weighted by molar-refractivity contribution is 8.14. The molecular weight excluding hydrogens is 243 g/mol. The molecule has 0 aliphatic heterocycles. The number of nitrogens with two attached hydrogens (primary N) is 1. The first-order chi connectivity index (χ1) is 6.27. The van der Waals surface area contributed by atoms with E-state index in [1.54, 1.807) is 0 Å². The summed E-state index contributed by atoms with van der Waals surface area (Å²) in [5.74, 6) is -0.0247. The smallest absolute Gasteiger partial charge is 0.218 e. The summed E-state index contributed by atoms with van der Waals surface area (Å²) in [5, 5.41) is 0. The van der Waals surface area contributed by atoms with Crippen molar-refractivity contribution in [1.82, 2.24) is 4.49 Å². The van der Waals surface area contributed by atoms with Gasteiger partial charge in [0.1, 0.15) is 0 Å². The third kappa shape index (κ3) is 9.05. The second-order valence-corrected chi connectivity index (χ2v) is 8.38. The van der Waals surface area contributed by atoms with Crippen LogP contribution in [0.2, 0.25) is 0 Å². The fourth-order valence-electron chi connectivity index (χ4n) is 0.964. The van der Waals surface area contributed by atoms with Crippen LogP contribution in [0.4, 0.5) is 0 Å². The maximum absolute atomic E-state index is 11.2. The van der Waals surface area contributed by atoms with Crippen LogP contribution >= 0.6 is 6.57 Å². The maximum Gasteiger partial charge on any atom is 0.218 e. The molecule has 0 aromatic carbocycles. The molecule has 8 heteroatoms. The van der Waals surface area contributed by atoms with E-state index in [0.29, 0.717) is 6.42 Å². The van der Waals surface area contributed by atoms with Crippen LogP contribution in [0.3, 0.4) is 0 Å². The molecule has 0 saturated heterocycles. The van der Waals surface area contributed by atoms with Crippen molar-refractivity contribution in [3.63, 3.8) is 0 Å². The molecule has 0 saturated carbocycles. The molecule has 0 bridgehead atoms. The van der Waals surface area contributed by atoms with Crippen molar-refractivity contribution >= 4 is 28.4 Å². The van der Waals surface area contributed by atoms with Gasteiger partial charge >= 0.3 is 0 Å². The van der Waals surface area contributed by atoms with E-state index >= 15 is 0 Å². The minimum Gasteiger partial charge on any atom is -0.342 e. The third-order valence-corrected chi connectivity index (χ3v) is 5.19. The SMILES string of the molecule is CCCCCCS(=O)(=O)NP(N)(O)=S. The van der Waals surface area contributed by atoms with E-state index in [0.717, 1.165) is 19.3 Å². The monoisotopic (exact) mass is 260 g/mol. The van der Waals surface area contributed by atoms with Crippen LogP contribution < -0.4 is 10.00 Å². The molecule has 86 valence electrons. The Hall–Kier alpha value is 0.480. The molecule has 4 N–H and O–H groups in total. The molecule has 0 aromatic rings. The van der Waals surface area contributed by atoms with Gasteiger partial charge in [0.25, 0.3) is 0 Å². The lowest BCUT2D eigenvalue weighted by atomic mass is 10.2. The third-order valence-electron chi connectivity index (χ3n) is 1.54. The summed E-state index contributed by atoms with van der Waals surface area (Å²) in [5.41, 5.74) is 5.04. The van der Waals surface area contributed by atoms with Gasteiger partial charge in [-0.15, -0.1) is 0 Å². The second-order valence-electron chi connectivity index (χ2n) is 3.09. The topological polar surface area (TPSA) is 92.4 Å². The zero-order valence-electron chi connectivity index (χ0n) is 8.14. The Morgan fingerprint density at radius 3 is 2.43 bits per heavy atom. The highest BCUT2D eigenvalue weighted by Gasteiger charge is 2.16. The summed E-state index contributed by atoms with van der Waals surface area (Å²) in [6, 6.07) is 0. The molecule has 0 fully saturated rings. The number of sulfonamides is 1. The van der Waals surface area contributed by atoms with E-state index in [4.69, 9.17) is 10.4 Å². The number of hydrogen-bond acceptors (Lipinski definition) is 3. The van der Waals surface area contributed by atoms with E-state index in [1.807, 2.05) is 11.4 Å². The number of hydrogen-bond donors (Lipinski definition) is 3. The molecule has 5 nitrogen and oxygen atoms in total. The van der Waals surface area contributed by atoms with Gasteiger partial charge in [-0.05, 0) is 18.2 Å². The van der Waals surface area contributed by atoms with Crippen LogP contribution in [0, 0.1) is 0 Å². The van der Waals surface area contributed by atoms with Crippen molar-refractivity contribution in [2.24, 2.45) is 5.50 Å². The van der Waals surface area contributed by atoms with Gasteiger partial charge < -0.3 is 4.89 Å². The van der Waals surface area contributed by atoms with Crippen LogP contribution in [0.15, 0.2) is 0 Å². The van der Waals surface area contributed by atoms with Crippen molar-refractivity contribution in [2.75, 3.05) is 5.75 Å². The van der Waals surface area contributed by atoms with Crippen LogP contribution in [0.1, 0.15) is 32.6 Å². The Morgan fingerprint density at radius 1 is 1.43 bits per heavy atom. The number of unbranched alkanes of at least 4 members (excludes halogenated alkanes) is 3. The number of nitrogens with one attached hydrogen (secondary N) is 1. The second kappa shape index (κ2) is 6.15. The van der Waals surface area contributed by atoms with Crippen LogP contribution in [-0.2, 0) is 21.8 Å². The van der Waals surface area contributed by atoms with Gasteiger partial charge in [0.05, 0.1) is 5.75 Å². The summed E-state index contributed by atoms with van der Waals surface area (Å²) >= 11 is 4.39. The molecule has 1 unspecified atom stereocenters. The summed E-state index contributed by atoms with van der Waals surface area (Å²) in [6.45, 7) is -1.31. The molecule has 0 heterocycles. The quantitative estimate of drug-likeness (QED) is 0.462. The fourth-order valence-corrected chi connectivity index (χ4v) is 4.53. The van der Waals surface area contributed by atoms with Crippen molar-refractivity contribution in [2.45, 2.75) is 32.6 Å². The van der Waals surface area contributed by atoms with Gasteiger partial charge in [-0.25, -0.2) is 8.42 Å². The standard InChI is InChI=1S/C6H17N2O3PS2/c1-2-3-4-5-6-14(10,11)8-12(7,9)13/h2-6H2,1H3,(H4,7,8,9,13). The molecule has 0 rings (SSSR count). The number of rotatable bonds is 7. The van der Waals surface area contributed by atoms with Gasteiger partial charge in [0, 0.05) is 0 Å². The molecule has 1 atom stereocenters. The van der Waals surface area contributed by atoms with Crippen LogP contribution in [0.5, 0.6) is 0 Å². The van der Waals surface area contributed by atoms with Crippen molar-refractivity contribution < 1.29 is 13.3 Å². The zero-order chi connectivity index (χ0) is 11.2. The molecular formula is C6H17N2O3PS2.